The Morgan fingerprint density at radius 1 is 1.00 bits per heavy atom. The van der Waals surface area contributed by atoms with Crippen molar-refractivity contribution in [2.45, 2.75) is 69.7 Å². The van der Waals surface area contributed by atoms with Crippen LogP contribution < -0.4 is 20.1 Å². The van der Waals surface area contributed by atoms with Crippen LogP contribution in [0.25, 0.3) is 11.4 Å². The Bertz CT molecular complexity index is 2540. The maximum Gasteiger partial charge on any atom is 0.304 e. The van der Waals surface area contributed by atoms with Crippen molar-refractivity contribution in [3.05, 3.63) is 129 Å². The number of nitrogens with zero attached hydrogens (tertiary/aromatic N) is 7. The fraction of sp³-hybridized carbons (Fsp3) is 0.408. The molecule has 0 spiro atoms. The van der Waals surface area contributed by atoms with Gasteiger partial charge in [-0.1, -0.05) is 47.5 Å². The lowest BCUT2D eigenvalue weighted by Gasteiger charge is -2.49. The Morgan fingerprint density at radius 3 is 2.43 bits per heavy atom. The van der Waals surface area contributed by atoms with Crippen LogP contribution in [0.5, 0.6) is 11.5 Å². The zero-order chi connectivity index (χ0) is 49.1. The Balaban J connectivity index is 1.15. The van der Waals surface area contributed by atoms with E-state index in [9.17, 15) is 29.5 Å². The number of likely N-dealkylation sites (tertiary alicyclic amines) is 1. The number of benzene rings is 2. The summed E-state index contributed by atoms with van der Waals surface area (Å²) in [6, 6.07) is 19.0. The molecule has 5 aromatic rings. The number of rotatable bonds is 21. The Hall–Kier alpha value is -6.11. The molecule has 4 atom stereocenters. The van der Waals surface area contributed by atoms with Crippen LogP contribution >= 0.6 is 23.2 Å². The topological polar surface area (TPSA) is 198 Å². The van der Waals surface area contributed by atoms with Crippen molar-refractivity contribution in [2.24, 2.45) is 13.0 Å². The van der Waals surface area contributed by atoms with Gasteiger partial charge in [-0.25, -0.2) is 4.98 Å². The van der Waals surface area contributed by atoms with E-state index < -0.39 is 53.7 Å². The normalized spacial score (nSPS) is 16.2. The monoisotopic (exact) mass is 971 g/mol. The third-order valence-electron chi connectivity index (χ3n) is 12.2. The van der Waals surface area contributed by atoms with Gasteiger partial charge in [-0.15, -0.1) is 0 Å². The minimum Gasteiger partial charge on any atom is -0.619 e. The predicted molar refractivity (Wildman–Crippen MR) is 257 cm³/mol. The van der Waals surface area contributed by atoms with E-state index in [2.05, 4.69) is 20.6 Å². The number of likely N-dealkylation sites (N-methyl/N-ethyl adjacent to an activating group) is 1. The van der Waals surface area contributed by atoms with Crippen LogP contribution in [-0.2, 0) is 56.9 Å². The molecule has 1 saturated heterocycles. The number of imidazole rings is 1. The van der Waals surface area contributed by atoms with E-state index >= 15 is 0 Å². The number of ether oxygens (including phenoxy) is 2. The molecule has 3 aromatic heterocycles. The second-order valence-electron chi connectivity index (χ2n) is 17.5. The molecule has 4 heterocycles. The molecule has 3 amide bonds. The number of carbonyl (C=O) groups excluding carboxylic acids is 3. The van der Waals surface area contributed by atoms with Crippen LogP contribution in [0.4, 0.5) is 0 Å². The first kappa shape index (κ1) is 51.3. The summed E-state index contributed by atoms with van der Waals surface area (Å²) in [5.41, 5.74) is 2.43. The third kappa shape index (κ3) is 13.1. The molecular weight excluding hydrogens is 913 g/mol. The van der Waals surface area contributed by atoms with Gasteiger partial charge in [0.2, 0.25) is 17.7 Å². The standard InChI is InChI=1S/C49H59Cl2N9O8/c1-32(52-26-34-13-16-37(51)24-43(34)68-39-17-18-40(53-27-39)42-28-54-44(57(42)4)29-56(2)3)46(63)55-41(30-67-6)48(65)58(5)49(25-33-11-14-36(50)15-12-33)19-9-20-59(31-49)47(64)35(23-45(61)62)22-38-10-7-8-21-60(38)66/h7-8,10-18,21,24,27-28,32,35,41,52H,9,19-20,22-23,25-26,29-31H2,1-6H3,(H,55,63)(H,61,62)/t32?,35?,41?,49-/m1/s1. The van der Waals surface area contributed by atoms with E-state index in [1.54, 1.807) is 84.7 Å². The number of amides is 3. The lowest BCUT2D eigenvalue weighted by Crippen LogP contribution is -2.65. The summed E-state index contributed by atoms with van der Waals surface area (Å²) in [5.74, 6) is -1.70. The molecule has 19 heteroatoms. The van der Waals surface area contributed by atoms with Gasteiger partial charge < -0.3 is 49.7 Å². The molecule has 0 saturated carbocycles. The number of hydrogen-bond acceptors (Lipinski definition) is 11. The highest BCUT2D eigenvalue weighted by atomic mass is 35.5. The summed E-state index contributed by atoms with van der Waals surface area (Å²) in [4.78, 5) is 69.3. The van der Waals surface area contributed by atoms with Gasteiger partial charge in [-0.3, -0.25) is 24.2 Å². The summed E-state index contributed by atoms with van der Waals surface area (Å²) in [7, 11) is 9.00. The molecule has 3 unspecified atom stereocenters. The number of aromatic nitrogens is 4. The molecule has 3 N–H and O–H groups in total. The molecule has 6 rings (SSSR count). The minimum absolute atomic E-state index is 0.0680. The van der Waals surface area contributed by atoms with Gasteiger partial charge >= 0.3 is 5.97 Å². The molecule has 0 bridgehead atoms. The minimum atomic E-state index is -1.17. The van der Waals surface area contributed by atoms with Crippen molar-refractivity contribution in [3.63, 3.8) is 0 Å². The second kappa shape index (κ2) is 23.3. The maximum absolute atomic E-state index is 14.7. The fourth-order valence-corrected chi connectivity index (χ4v) is 8.76. The van der Waals surface area contributed by atoms with Gasteiger partial charge in [-0.05, 0) is 82.2 Å². The molecule has 1 fully saturated rings. The van der Waals surface area contributed by atoms with Crippen LogP contribution in [0.3, 0.4) is 0 Å². The highest BCUT2D eigenvalue weighted by Crippen LogP contribution is 2.34. The first-order valence-electron chi connectivity index (χ1n) is 22.3. The molecule has 0 radical (unpaired) electrons. The van der Waals surface area contributed by atoms with Gasteiger partial charge in [0.15, 0.2) is 11.9 Å². The SMILES string of the molecule is COCC(NC(=O)C(C)NCc1ccc(Cl)cc1Oc1ccc(-c2cnc(CN(C)C)n2C)nc1)C(=O)N(C)[C@@]1(Cc2ccc(Cl)cc2)CCCN(C(=O)C(CC(=O)O)Cc2cccc[n+]2[O-])C1. The lowest BCUT2D eigenvalue weighted by molar-refractivity contribution is -0.614. The molecule has 1 aliphatic heterocycles. The molecular formula is C49H59Cl2N9O8. The zero-order valence-electron chi connectivity index (χ0n) is 39.2. The molecule has 68 heavy (non-hydrogen) atoms. The predicted octanol–water partition coefficient (Wildman–Crippen LogP) is 5.28. The Labute approximate surface area is 406 Å². The van der Waals surface area contributed by atoms with Crippen LogP contribution in [0.2, 0.25) is 10.0 Å². The number of aliphatic carboxylic acids is 1. The van der Waals surface area contributed by atoms with Crippen LogP contribution in [0.1, 0.15) is 48.8 Å². The van der Waals surface area contributed by atoms with E-state index in [1.165, 1.54) is 13.3 Å². The van der Waals surface area contributed by atoms with Gasteiger partial charge in [0.05, 0.1) is 60.9 Å². The molecule has 17 nitrogen and oxygen atoms in total. The summed E-state index contributed by atoms with van der Waals surface area (Å²) in [5, 5.41) is 29.5. The van der Waals surface area contributed by atoms with Gasteiger partial charge in [0.1, 0.15) is 23.4 Å². The quantitative estimate of drug-likeness (QED) is 0.0637. The van der Waals surface area contributed by atoms with Crippen LogP contribution in [0.15, 0.2) is 91.4 Å². The highest BCUT2D eigenvalue weighted by Gasteiger charge is 2.45. The van der Waals surface area contributed by atoms with Crippen molar-refractivity contribution >= 4 is 46.9 Å². The fourth-order valence-electron chi connectivity index (χ4n) is 8.47. The Morgan fingerprint density at radius 2 is 1.75 bits per heavy atom. The van der Waals surface area contributed by atoms with Gasteiger partial charge in [-0.2, -0.15) is 4.73 Å². The van der Waals surface area contributed by atoms with E-state index in [1.807, 2.05) is 54.9 Å². The smallest absolute Gasteiger partial charge is 0.304 e. The van der Waals surface area contributed by atoms with Crippen LogP contribution in [-0.4, -0.2) is 124 Å². The number of piperidine rings is 1. The second-order valence-corrected chi connectivity index (χ2v) is 18.4. The van der Waals surface area contributed by atoms with E-state index in [-0.39, 0.29) is 31.8 Å². The first-order chi connectivity index (χ1) is 32.5. The van der Waals surface area contributed by atoms with Gasteiger partial charge in [0, 0.05) is 75.0 Å². The first-order valence-corrected chi connectivity index (χ1v) is 23.0. The number of methoxy groups -OCH3 is 1. The Kier molecular flexibility index (Phi) is 17.5. The average Bonchev–Trinajstić information content (AvgIpc) is 3.67. The molecule has 362 valence electrons. The summed E-state index contributed by atoms with van der Waals surface area (Å²) in [6.07, 6.45) is 5.46. The molecule has 1 aliphatic rings. The van der Waals surface area contributed by atoms with Crippen LogP contribution in [0, 0.1) is 11.1 Å². The van der Waals surface area contributed by atoms with Crippen molar-refractivity contribution in [2.75, 3.05) is 47.9 Å². The van der Waals surface area contributed by atoms with E-state index in [0.29, 0.717) is 64.2 Å². The summed E-state index contributed by atoms with van der Waals surface area (Å²) < 4.78 is 14.4. The van der Waals surface area contributed by atoms with Crippen molar-refractivity contribution in [1.82, 2.24) is 39.9 Å². The molecule has 0 aliphatic carbocycles. The van der Waals surface area contributed by atoms with Crippen molar-refractivity contribution in [1.29, 1.82) is 0 Å². The number of pyridine rings is 2. The summed E-state index contributed by atoms with van der Waals surface area (Å²) in [6.45, 7) is 2.81. The number of hydrogen-bond donors (Lipinski definition) is 3. The van der Waals surface area contributed by atoms with E-state index in [0.717, 1.165) is 22.8 Å². The zero-order valence-corrected chi connectivity index (χ0v) is 40.7. The van der Waals surface area contributed by atoms with Crippen molar-refractivity contribution in [3.8, 4) is 22.9 Å². The molecule has 2 aromatic carbocycles. The van der Waals surface area contributed by atoms with E-state index in [4.69, 9.17) is 32.7 Å². The summed E-state index contributed by atoms with van der Waals surface area (Å²) >= 11 is 12.7. The third-order valence-corrected chi connectivity index (χ3v) is 12.7. The number of halogens is 2. The van der Waals surface area contributed by atoms with Gasteiger partial charge in [0.25, 0.3) is 0 Å². The highest BCUT2D eigenvalue weighted by molar-refractivity contribution is 6.31. The average molecular weight is 973 g/mol. The number of carbonyl (C=O) groups is 4. The lowest BCUT2D eigenvalue weighted by atomic mass is 9.80. The number of nitrogens with one attached hydrogen (secondary N) is 2. The van der Waals surface area contributed by atoms with Crippen molar-refractivity contribution < 1.29 is 38.5 Å². The largest absolute Gasteiger partial charge is 0.619 e. The number of carboxylic acids is 1. The maximum atomic E-state index is 14.7. The number of carboxylic acid groups (broad SMARTS) is 1.